The predicted molar refractivity (Wildman–Crippen MR) is 138 cm³/mol. The SMILES string of the molecule is CCC(C)c1ccc(NC(=O)CSc2nnc(Cc3cccs3)n2-c2ccc(C)cc2)cc1. The summed E-state index contributed by atoms with van der Waals surface area (Å²) in [5, 5.41) is 14.6. The zero-order valence-electron chi connectivity index (χ0n) is 19.1. The number of thiophene rings is 1. The number of hydrogen-bond donors (Lipinski definition) is 1. The molecule has 2 aromatic carbocycles. The van der Waals surface area contributed by atoms with E-state index in [-0.39, 0.29) is 11.7 Å². The fourth-order valence-corrected chi connectivity index (χ4v) is 4.96. The van der Waals surface area contributed by atoms with Gasteiger partial charge in [0.05, 0.1) is 5.75 Å². The third-order valence-corrected chi connectivity index (χ3v) is 7.42. The second-order valence-electron chi connectivity index (χ2n) is 8.09. The van der Waals surface area contributed by atoms with Gasteiger partial charge in [-0.15, -0.1) is 21.5 Å². The molecule has 1 amide bonds. The van der Waals surface area contributed by atoms with Crippen LogP contribution in [0.15, 0.2) is 71.2 Å². The van der Waals surface area contributed by atoms with Crippen LogP contribution in [0.25, 0.3) is 5.69 Å². The van der Waals surface area contributed by atoms with E-state index in [1.807, 2.05) is 18.2 Å². The molecule has 4 rings (SSSR count). The quantitative estimate of drug-likeness (QED) is 0.281. The van der Waals surface area contributed by atoms with Crippen molar-refractivity contribution in [2.75, 3.05) is 11.1 Å². The lowest BCUT2D eigenvalue weighted by molar-refractivity contribution is -0.113. The lowest BCUT2D eigenvalue weighted by atomic mass is 9.99. The van der Waals surface area contributed by atoms with E-state index in [0.29, 0.717) is 17.5 Å². The van der Waals surface area contributed by atoms with Crippen LogP contribution in [0.3, 0.4) is 0 Å². The van der Waals surface area contributed by atoms with Crippen LogP contribution < -0.4 is 5.32 Å². The van der Waals surface area contributed by atoms with Crippen molar-refractivity contribution >= 4 is 34.7 Å². The van der Waals surface area contributed by atoms with Crippen LogP contribution in [-0.4, -0.2) is 26.4 Å². The highest BCUT2D eigenvalue weighted by Gasteiger charge is 2.17. The molecule has 0 bridgehead atoms. The van der Waals surface area contributed by atoms with E-state index >= 15 is 0 Å². The summed E-state index contributed by atoms with van der Waals surface area (Å²) in [5.74, 6) is 1.58. The molecule has 5 nitrogen and oxygen atoms in total. The van der Waals surface area contributed by atoms with Gasteiger partial charge < -0.3 is 5.32 Å². The van der Waals surface area contributed by atoms with Crippen molar-refractivity contribution in [3.8, 4) is 5.69 Å². The van der Waals surface area contributed by atoms with Crippen molar-refractivity contribution in [1.29, 1.82) is 0 Å². The summed E-state index contributed by atoms with van der Waals surface area (Å²) < 4.78 is 2.05. The smallest absolute Gasteiger partial charge is 0.234 e. The molecule has 0 fully saturated rings. The van der Waals surface area contributed by atoms with Gasteiger partial charge in [0, 0.05) is 22.7 Å². The number of carbonyl (C=O) groups is 1. The number of rotatable bonds is 9. The number of carbonyl (C=O) groups excluding carboxylic acids is 1. The summed E-state index contributed by atoms with van der Waals surface area (Å²) >= 11 is 3.10. The Morgan fingerprint density at radius 1 is 1.09 bits per heavy atom. The molecule has 1 N–H and O–H groups in total. The minimum absolute atomic E-state index is 0.0606. The standard InChI is InChI=1S/C26H28N4OS2/c1-4-19(3)20-9-11-21(12-10-20)27-25(31)17-33-26-29-28-24(16-23-6-5-15-32-23)30(26)22-13-7-18(2)8-14-22/h5-15,19H,4,16-17H2,1-3H3,(H,27,31). The first-order valence-electron chi connectivity index (χ1n) is 11.1. The average molecular weight is 477 g/mol. The summed E-state index contributed by atoms with van der Waals surface area (Å²) in [7, 11) is 0. The Kier molecular flexibility index (Phi) is 7.62. The Labute approximate surface area is 203 Å². The molecule has 0 spiro atoms. The van der Waals surface area contributed by atoms with E-state index in [1.54, 1.807) is 11.3 Å². The third-order valence-electron chi connectivity index (χ3n) is 5.61. The molecule has 1 unspecified atom stereocenters. The molecular weight excluding hydrogens is 448 g/mol. The van der Waals surface area contributed by atoms with Crippen molar-refractivity contribution in [2.45, 2.75) is 44.7 Å². The zero-order chi connectivity index (χ0) is 23.2. The number of anilines is 1. The molecule has 170 valence electrons. The van der Waals surface area contributed by atoms with Gasteiger partial charge in [0.25, 0.3) is 0 Å². The molecule has 0 radical (unpaired) electrons. The topological polar surface area (TPSA) is 59.8 Å². The normalized spacial score (nSPS) is 12.0. The van der Waals surface area contributed by atoms with Crippen LogP contribution in [0.1, 0.15) is 48.0 Å². The number of hydrogen-bond acceptors (Lipinski definition) is 5. The van der Waals surface area contributed by atoms with E-state index in [2.05, 4.69) is 88.7 Å². The molecule has 0 aliphatic rings. The molecule has 0 aliphatic heterocycles. The zero-order valence-corrected chi connectivity index (χ0v) is 20.7. The second kappa shape index (κ2) is 10.8. The lowest BCUT2D eigenvalue weighted by Gasteiger charge is -2.11. The molecule has 2 aromatic heterocycles. The summed E-state index contributed by atoms with van der Waals surface area (Å²) in [4.78, 5) is 13.9. The molecule has 2 heterocycles. The first kappa shape index (κ1) is 23.3. The van der Waals surface area contributed by atoms with Gasteiger partial charge in [0.2, 0.25) is 5.91 Å². The van der Waals surface area contributed by atoms with Crippen LogP contribution >= 0.6 is 23.1 Å². The number of benzene rings is 2. The maximum Gasteiger partial charge on any atom is 0.234 e. The molecular formula is C26H28N4OS2. The summed E-state index contributed by atoms with van der Waals surface area (Å²) in [6.07, 6.45) is 1.80. The number of amides is 1. The summed E-state index contributed by atoms with van der Waals surface area (Å²) in [6.45, 7) is 6.46. The van der Waals surface area contributed by atoms with E-state index in [1.165, 1.54) is 27.8 Å². The molecule has 33 heavy (non-hydrogen) atoms. The number of aromatic nitrogens is 3. The number of aryl methyl sites for hydroxylation is 1. The van der Waals surface area contributed by atoms with Crippen molar-refractivity contribution in [1.82, 2.24) is 14.8 Å². The molecule has 1 atom stereocenters. The Bertz CT molecular complexity index is 1180. The van der Waals surface area contributed by atoms with E-state index in [4.69, 9.17) is 0 Å². The Morgan fingerprint density at radius 2 is 1.85 bits per heavy atom. The fraction of sp³-hybridized carbons (Fsp3) is 0.269. The van der Waals surface area contributed by atoms with Gasteiger partial charge in [-0.05, 0) is 60.5 Å². The maximum atomic E-state index is 12.6. The van der Waals surface area contributed by atoms with Gasteiger partial charge in [0.1, 0.15) is 5.82 Å². The van der Waals surface area contributed by atoms with E-state index < -0.39 is 0 Å². The van der Waals surface area contributed by atoms with Gasteiger partial charge in [-0.3, -0.25) is 9.36 Å². The van der Waals surface area contributed by atoms with E-state index in [0.717, 1.165) is 23.6 Å². The highest BCUT2D eigenvalue weighted by molar-refractivity contribution is 7.99. The fourth-order valence-electron chi connectivity index (χ4n) is 3.49. The molecule has 7 heteroatoms. The first-order chi connectivity index (χ1) is 16.0. The molecule has 0 saturated carbocycles. The molecule has 0 aliphatic carbocycles. The molecule has 0 saturated heterocycles. The monoisotopic (exact) mass is 476 g/mol. The average Bonchev–Trinajstić information content (AvgIpc) is 3.48. The van der Waals surface area contributed by atoms with Crippen LogP contribution in [-0.2, 0) is 11.2 Å². The Balaban J connectivity index is 1.47. The van der Waals surface area contributed by atoms with Crippen LogP contribution in [0, 0.1) is 6.92 Å². The van der Waals surface area contributed by atoms with Crippen LogP contribution in [0.5, 0.6) is 0 Å². The predicted octanol–water partition coefficient (Wildman–Crippen LogP) is 6.47. The Hall–Kier alpha value is -2.90. The van der Waals surface area contributed by atoms with Gasteiger partial charge in [-0.1, -0.05) is 61.5 Å². The number of nitrogens with one attached hydrogen (secondary N) is 1. The van der Waals surface area contributed by atoms with Gasteiger partial charge in [-0.25, -0.2) is 0 Å². The Morgan fingerprint density at radius 3 is 2.52 bits per heavy atom. The lowest BCUT2D eigenvalue weighted by Crippen LogP contribution is -2.14. The molecule has 4 aromatic rings. The summed E-state index contributed by atoms with van der Waals surface area (Å²) in [6, 6.07) is 20.6. The number of nitrogens with zero attached hydrogens (tertiary/aromatic N) is 3. The van der Waals surface area contributed by atoms with Crippen LogP contribution in [0.4, 0.5) is 5.69 Å². The van der Waals surface area contributed by atoms with Crippen molar-refractivity contribution in [2.24, 2.45) is 0 Å². The third kappa shape index (κ3) is 5.92. The second-order valence-corrected chi connectivity index (χ2v) is 10.1. The summed E-state index contributed by atoms with van der Waals surface area (Å²) in [5.41, 5.74) is 4.29. The highest BCUT2D eigenvalue weighted by Crippen LogP contribution is 2.25. The maximum absolute atomic E-state index is 12.6. The largest absolute Gasteiger partial charge is 0.325 e. The van der Waals surface area contributed by atoms with Gasteiger partial charge in [-0.2, -0.15) is 0 Å². The number of thioether (sulfide) groups is 1. The van der Waals surface area contributed by atoms with Gasteiger partial charge >= 0.3 is 0 Å². The van der Waals surface area contributed by atoms with Crippen molar-refractivity contribution < 1.29 is 4.79 Å². The van der Waals surface area contributed by atoms with Crippen molar-refractivity contribution in [3.63, 3.8) is 0 Å². The van der Waals surface area contributed by atoms with E-state index in [9.17, 15) is 4.79 Å². The van der Waals surface area contributed by atoms with Gasteiger partial charge in [0.15, 0.2) is 5.16 Å². The van der Waals surface area contributed by atoms with Crippen LogP contribution in [0.2, 0.25) is 0 Å². The first-order valence-corrected chi connectivity index (χ1v) is 13.0. The minimum atomic E-state index is -0.0606. The highest BCUT2D eigenvalue weighted by atomic mass is 32.2. The van der Waals surface area contributed by atoms with Crippen molar-refractivity contribution in [3.05, 3.63) is 87.9 Å². The minimum Gasteiger partial charge on any atom is -0.325 e.